The lowest BCUT2D eigenvalue weighted by atomic mass is 9.96. The van der Waals surface area contributed by atoms with Gasteiger partial charge in [0.15, 0.2) is 14.4 Å². The lowest BCUT2D eigenvalue weighted by Crippen LogP contribution is -2.50. The van der Waals surface area contributed by atoms with Crippen molar-refractivity contribution in [3.8, 4) is 0 Å². The number of carbonyl (C=O) groups excluding carboxylic acids is 1. The smallest absolute Gasteiger partial charge is 0.311 e. The number of rotatable bonds is 10. The number of hydrogen-bond acceptors (Lipinski definition) is 6. The third kappa shape index (κ3) is 8.60. The molecule has 0 amide bonds. The number of aliphatic imine (C=N–C) groups is 1. The van der Waals surface area contributed by atoms with Crippen LogP contribution in [0.25, 0.3) is 0 Å². The first-order chi connectivity index (χ1) is 17.0. The highest BCUT2D eigenvalue weighted by Crippen LogP contribution is 2.36. The Morgan fingerprint density at radius 3 is 1.76 bits per heavy atom. The topological polar surface area (TPSA) is 88.4 Å². The molecule has 6 nitrogen and oxygen atoms in total. The van der Waals surface area contributed by atoms with E-state index in [9.17, 15) is 15.0 Å². The van der Waals surface area contributed by atoms with Crippen molar-refractivity contribution in [3.05, 3.63) is 71.8 Å². The zero-order valence-corrected chi connectivity index (χ0v) is 24.9. The molecule has 204 valence electrons. The number of hydrogen-bond donors (Lipinski definition) is 2. The lowest BCUT2D eigenvalue weighted by molar-refractivity contribution is -0.171. The molecule has 0 aliphatic rings. The zero-order chi connectivity index (χ0) is 28.0. The van der Waals surface area contributed by atoms with Gasteiger partial charge in [0.25, 0.3) is 0 Å². The van der Waals surface area contributed by atoms with E-state index < -0.39 is 44.1 Å². The average molecular weight is 528 g/mol. The highest BCUT2D eigenvalue weighted by molar-refractivity contribution is 6.74. The van der Waals surface area contributed by atoms with E-state index in [-0.39, 0.29) is 11.6 Å². The molecule has 0 aliphatic carbocycles. The fraction of sp³-hybridized carbons (Fsp3) is 0.533. The molecule has 0 spiro atoms. The maximum Gasteiger partial charge on any atom is 0.311 e. The molecular weight excluding hydrogens is 482 g/mol. The van der Waals surface area contributed by atoms with Crippen molar-refractivity contribution in [2.45, 2.75) is 91.0 Å². The average Bonchev–Trinajstić information content (AvgIpc) is 2.83. The van der Waals surface area contributed by atoms with Crippen LogP contribution in [0.1, 0.15) is 59.6 Å². The minimum absolute atomic E-state index is 0.0480. The predicted octanol–water partition coefficient (Wildman–Crippen LogP) is 5.61. The summed E-state index contributed by atoms with van der Waals surface area (Å²) in [5.41, 5.74) is 1.73. The van der Waals surface area contributed by atoms with Crippen LogP contribution in [0.3, 0.4) is 0 Å². The largest absolute Gasteiger partial charge is 0.457 e. The van der Waals surface area contributed by atoms with Crippen LogP contribution in [0.15, 0.2) is 65.7 Å². The maximum absolute atomic E-state index is 12.9. The molecule has 2 aromatic carbocycles. The molecular formula is C30H45NO5Si. The molecule has 0 bridgehead atoms. The van der Waals surface area contributed by atoms with E-state index in [2.05, 4.69) is 33.9 Å². The quantitative estimate of drug-likeness (QED) is 0.238. The first-order valence-electron chi connectivity index (χ1n) is 12.9. The molecule has 0 heterocycles. The summed E-state index contributed by atoms with van der Waals surface area (Å²) in [5, 5.41) is 22.2. The fourth-order valence-corrected chi connectivity index (χ4v) is 4.39. The normalized spacial score (nSPS) is 15.9. The van der Waals surface area contributed by atoms with Gasteiger partial charge in [0.2, 0.25) is 0 Å². The van der Waals surface area contributed by atoms with Crippen molar-refractivity contribution in [1.29, 1.82) is 0 Å². The first-order valence-corrected chi connectivity index (χ1v) is 15.9. The fourth-order valence-electron chi connectivity index (χ4n) is 3.37. The summed E-state index contributed by atoms with van der Waals surface area (Å²) in [6.45, 7) is 17.5. The highest BCUT2D eigenvalue weighted by atomic mass is 28.4. The molecule has 0 saturated carbocycles. The lowest BCUT2D eigenvalue weighted by Gasteiger charge is -2.38. The Balaban J connectivity index is 2.43. The van der Waals surface area contributed by atoms with Gasteiger partial charge < -0.3 is 19.4 Å². The van der Waals surface area contributed by atoms with Gasteiger partial charge >= 0.3 is 5.97 Å². The van der Waals surface area contributed by atoms with Gasteiger partial charge in [0.1, 0.15) is 12.2 Å². The van der Waals surface area contributed by atoms with E-state index in [4.69, 9.17) is 14.2 Å². The van der Waals surface area contributed by atoms with E-state index >= 15 is 0 Å². The van der Waals surface area contributed by atoms with Crippen molar-refractivity contribution < 1.29 is 24.2 Å². The van der Waals surface area contributed by atoms with Crippen molar-refractivity contribution in [2.75, 3.05) is 6.61 Å². The van der Waals surface area contributed by atoms with Crippen molar-refractivity contribution >= 4 is 20.0 Å². The van der Waals surface area contributed by atoms with Crippen LogP contribution < -0.4 is 0 Å². The van der Waals surface area contributed by atoms with Gasteiger partial charge in [0.05, 0.1) is 23.8 Å². The van der Waals surface area contributed by atoms with Crippen molar-refractivity contribution in [2.24, 2.45) is 10.4 Å². The van der Waals surface area contributed by atoms with Gasteiger partial charge in [-0.25, -0.2) is 0 Å². The first kappa shape index (κ1) is 30.9. The predicted molar refractivity (Wildman–Crippen MR) is 152 cm³/mol. The maximum atomic E-state index is 12.9. The summed E-state index contributed by atoms with van der Waals surface area (Å²) in [4.78, 5) is 17.8. The minimum Gasteiger partial charge on any atom is -0.457 e. The number of aliphatic hydroxyl groups is 2. The van der Waals surface area contributed by atoms with Crippen LogP contribution in [-0.2, 0) is 14.0 Å². The van der Waals surface area contributed by atoms with Gasteiger partial charge in [-0.15, -0.1) is 0 Å². The van der Waals surface area contributed by atoms with Gasteiger partial charge in [-0.1, -0.05) is 81.4 Å². The molecule has 2 aromatic rings. The van der Waals surface area contributed by atoms with Crippen LogP contribution in [0.5, 0.6) is 0 Å². The second-order valence-corrected chi connectivity index (χ2v) is 17.0. The number of ether oxygens (including phenoxy) is 1. The SMILES string of the molecule is C[C@H](N=C(c1ccccc1)c1ccccc1)[C@@H](OC(=O)C(C)(C)C)[C@@H](O)[C@H](O)CO[Si](C)(C)C(C)(C)C. The molecule has 0 radical (unpaired) electrons. The van der Waals surface area contributed by atoms with Crippen LogP contribution in [0.4, 0.5) is 0 Å². The summed E-state index contributed by atoms with van der Waals surface area (Å²) in [6, 6.07) is 18.8. The molecule has 0 saturated heterocycles. The molecule has 0 unspecified atom stereocenters. The van der Waals surface area contributed by atoms with Gasteiger partial charge in [-0.2, -0.15) is 0 Å². The number of nitrogens with zero attached hydrogens (tertiary/aromatic N) is 1. The number of esters is 1. The third-order valence-electron chi connectivity index (χ3n) is 6.91. The van der Waals surface area contributed by atoms with E-state index in [0.717, 1.165) is 11.1 Å². The molecule has 37 heavy (non-hydrogen) atoms. The Morgan fingerprint density at radius 1 is 0.892 bits per heavy atom. The molecule has 2 rings (SSSR count). The molecule has 4 atom stereocenters. The second-order valence-electron chi connectivity index (χ2n) is 12.2. The standard InChI is InChI=1S/C30H45NO5Si/c1-21(31-25(22-16-12-10-13-17-22)23-18-14-11-15-19-23)27(36-28(34)29(2,3)4)26(33)24(32)20-35-37(8,9)30(5,6)7/h10-19,21,24,26-27,32-33H,20H2,1-9H3/t21-,24+,26-,27+/m0/s1. The highest BCUT2D eigenvalue weighted by Gasteiger charge is 2.41. The molecule has 0 fully saturated rings. The molecule has 2 N–H and O–H groups in total. The molecule has 7 heteroatoms. The van der Waals surface area contributed by atoms with Crippen LogP contribution >= 0.6 is 0 Å². The van der Waals surface area contributed by atoms with Gasteiger partial charge in [0, 0.05) is 11.1 Å². The number of aliphatic hydroxyl groups excluding tert-OH is 2. The van der Waals surface area contributed by atoms with Crippen molar-refractivity contribution in [1.82, 2.24) is 0 Å². The summed E-state index contributed by atoms with van der Waals surface area (Å²) in [6.07, 6.45) is -3.71. The Labute approximate surface area is 223 Å². The Bertz CT molecular complexity index is 984. The van der Waals surface area contributed by atoms with Gasteiger partial charge in [-0.3, -0.25) is 9.79 Å². The van der Waals surface area contributed by atoms with Crippen LogP contribution in [-0.4, -0.2) is 61.2 Å². The van der Waals surface area contributed by atoms with Crippen LogP contribution in [0, 0.1) is 5.41 Å². The summed E-state index contributed by atoms with van der Waals surface area (Å²) < 4.78 is 12.0. The van der Waals surface area contributed by atoms with E-state index in [0.29, 0.717) is 5.71 Å². The minimum atomic E-state index is -2.16. The monoisotopic (exact) mass is 527 g/mol. The van der Waals surface area contributed by atoms with E-state index in [1.807, 2.05) is 60.7 Å². The third-order valence-corrected chi connectivity index (χ3v) is 11.4. The van der Waals surface area contributed by atoms with Crippen molar-refractivity contribution in [3.63, 3.8) is 0 Å². The van der Waals surface area contributed by atoms with Gasteiger partial charge in [-0.05, 0) is 45.8 Å². The second kappa shape index (κ2) is 12.5. The zero-order valence-electron chi connectivity index (χ0n) is 23.9. The number of benzene rings is 2. The van der Waals surface area contributed by atoms with E-state index in [1.54, 1.807) is 27.7 Å². The van der Waals surface area contributed by atoms with Crippen LogP contribution in [0.2, 0.25) is 18.1 Å². The van der Waals surface area contributed by atoms with E-state index in [1.165, 1.54) is 0 Å². The Morgan fingerprint density at radius 2 is 1.35 bits per heavy atom. The number of carbonyl (C=O) groups is 1. The Hall–Kier alpha value is -2.32. The molecule has 0 aromatic heterocycles. The summed E-state index contributed by atoms with van der Waals surface area (Å²) in [5.74, 6) is -0.475. The summed E-state index contributed by atoms with van der Waals surface area (Å²) in [7, 11) is -2.16. The molecule has 0 aliphatic heterocycles. The Kier molecular flexibility index (Phi) is 10.4. The summed E-state index contributed by atoms with van der Waals surface area (Å²) >= 11 is 0.